The van der Waals surface area contributed by atoms with Crippen molar-refractivity contribution in [3.8, 4) is 6.07 Å². The Hall–Kier alpha value is -2.02. The first-order valence-electron chi connectivity index (χ1n) is 8.73. The van der Waals surface area contributed by atoms with Gasteiger partial charge in [0.2, 0.25) is 5.91 Å². The number of carbonyl (C=O) groups is 1. The molecule has 122 valence electrons. The van der Waals surface area contributed by atoms with Crippen LogP contribution in [0.25, 0.3) is 0 Å². The minimum atomic E-state index is -0.663. The zero-order valence-corrected chi connectivity index (χ0v) is 13.8. The van der Waals surface area contributed by atoms with E-state index < -0.39 is 5.54 Å². The fraction of sp³-hybridized carbons (Fsp3) is 0.579. The average molecular weight is 311 g/mol. The number of nitrogens with one attached hydrogen (secondary N) is 2. The van der Waals surface area contributed by atoms with E-state index in [1.165, 1.54) is 17.5 Å². The first kappa shape index (κ1) is 15.9. The maximum atomic E-state index is 12.5. The van der Waals surface area contributed by atoms with Crippen LogP contribution in [0, 0.1) is 11.3 Å². The van der Waals surface area contributed by atoms with E-state index in [9.17, 15) is 10.1 Å². The third-order valence-electron chi connectivity index (χ3n) is 5.16. The summed E-state index contributed by atoms with van der Waals surface area (Å²) in [4.78, 5) is 12.5. The summed E-state index contributed by atoms with van der Waals surface area (Å²) in [7, 11) is 0. The van der Waals surface area contributed by atoms with Crippen molar-refractivity contribution in [3.05, 3.63) is 29.3 Å². The Morgan fingerprint density at radius 2 is 1.91 bits per heavy atom. The molecule has 4 nitrogen and oxygen atoms in total. The van der Waals surface area contributed by atoms with E-state index in [1.807, 2.05) is 6.92 Å². The molecule has 0 unspecified atom stereocenters. The van der Waals surface area contributed by atoms with E-state index in [0.29, 0.717) is 0 Å². The van der Waals surface area contributed by atoms with Crippen LogP contribution in [0.15, 0.2) is 18.2 Å². The Morgan fingerprint density at radius 1 is 1.17 bits per heavy atom. The number of hydrogen-bond acceptors (Lipinski definition) is 3. The van der Waals surface area contributed by atoms with Crippen LogP contribution in [0.1, 0.15) is 56.6 Å². The largest absolute Gasteiger partial charge is 0.374 e. The maximum absolute atomic E-state index is 12.5. The SMILES string of the molecule is C[C@H](Nc1ccc2c(c1)CCC2)C(=O)NC1(C#N)CCCCC1. The lowest BCUT2D eigenvalue weighted by molar-refractivity contribution is -0.123. The molecule has 1 saturated carbocycles. The zero-order valence-electron chi connectivity index (χ0n) is 13.8. The molecule has 1 aromatic carbocycles. The minimum Gasteiger partial charge on any atom is -0.374 e. The van der Waals surface area contributed by atoms with Gasteiger partial charge in [-0.05, 0) is 62.3 Å². The van der Waals surface area contributed by atoms with Gasteiger partial charge >= 0.3 is 0 Å². The number of amides is 1. The van der Waals surface area contributed by atoms with Gasteiger partial charge in [0.05, 0.1) is 6.07 Å². The average Bonchev–Trinajstić information content (AvgIpc) is 3.03. The van der Waals surface area contributed by atoms with Gasteiger partial charge in [-0.1, -0.05) is 25.3 Å². The van der Waals surface area contributed by atoms with Crippen molar-refractivity contribution in [1.82, 2.24) is 5.32 Å². The molecule has 0 saturated heterocycles. The molecule has 1 atom stereocenters. The highest BCUT2D eigenvalue weighted by Gasteiger charge is 2.34. The summed E-state index contributed by atoms with van der Waals surface area (Å²) in [5.41, 5.74) is 3.15. The number of carbonyl (C=O) groups excluding carboxylic acids is 1. The second-order valence-corrected chi connectivity index (χ2v) is 6.95. The molecule has 0 bridgehead atoms. The van der Waals surface area contributed by atoms with Gasteiger partial charge in [0.1, 0.15) is 11.6 Å². The number of nitriles is 1. The Kier molecular flexibility index (Phi) is 4.56. The third-order valence-corrected chi connectivity index (χ3v) is 5.16. The highest BCUT2D eigenvalue weighted by Crippen LogP contribution is 2.28. The van der Waals surface area contributed by atoms with Gasteiger partial charge in [-0.15, -0.1) is 0 Å². The molecule has 0 spiro atoms. The second kappa shape index (κ2) is 6.62. The van der Waals surface area contributed by atoms with Crippen molar-refractivity contribution in [2.24, 2.45) is 0 Å². The number of anilines is 1. The van der Waals surface area contributed by atoms with Crippen LogP contribution < -0.4 is 10.6 Å². The van der Waals surface area contributed by atoms with Crippen LogP contribution in [0.3, 0.4) is 0 Å². The quantitative estimate of drug-likeness (QED) is 0.896. The Labute approximate surface area is 138 Å². The van der Waals surface area contributed by atoms with Crippen LogP contribution in [0.5, 0.6) is 0 Å². The van der Waals surface area contributed by atoms with Crippen LogP contribution in [0.4, 0.5) is 5.69 Å². The first-order chi connectivity index (χ1) is 11.1. The number of fused-ring (bicyclic) bond motifs is 1. The highest BCUT2D eigenvalue weighted by molar-refractivity contribution is 5.85. The Balaban J connectivity index is 1.62. The molecular formula is C19H25N3O. The highest BCUT2D eigenvalue weighted by atomic mass is 16.2. The molecule has 0 aromatic heterocycles. The standard InChI is InChI=1S/C19H25N3O/c1-14(18(23)22-19(13-20)10-3-2-4-11-19)21-17-9-8-15-6-5-7-16(15)12-17/h8-9,12,14,21H,2-7,10-11H2,1H3,(H,22,23)/t14-/m0/s1. The lowest BCUT2D eigenvalue weighted by atomic mass is 9.82. The lowest BCUT2D eigenvalue weighted by Gasteiger charge is -2.32. The zero-order chi connectivity index (χ0) is 16.3. The number of hydrogen-bond donors (Lipinski definition) is 2. The van der Waals surface area contributed by atoms with Crippen molar-refractivity contribution < 1.29 is 4.79 Å². The summed E-state index contributed by atoms with van der Waals surface area (Å²) < 4.78 is 0. The summed E-state index contributed by atoms with van der Waals surface area (Å²) in [5.74, 6) is -0.0889. The first-order valence-corrected chi connectivity index (χ1v) is 8.73. The van der Waals surface area contributed by atoms with Crippen LogP contribution in [0.2, 0.25) is 0 Å². The van der Waals surface area contributed by atoms with Crippen molar-refractivity contribution >= 4 is 11.6 Å². The fourth-order valence-corrected chi connectivity index (χ4v) is 3.74. The summed E-state index contributed by atoms with van der Waals surface area (Å²) >= 11 is 0. The number of benzene rings is 1. The Morgan fingerprint density at radius 3 is 2.65 bits per heavy atom. The van der Waals surface area contributed by atoms with Crippen molar-refractivity contribution in [1.29, 1.82) is 5.26 Å². The van der Waals surface area contributed by atoms with Crippen molar-refractivity contribution in [2.45, 2.75) is 69.9 Å². The molecule has 1 aromatic rings. The molecule has 2 aliphatic carbocycles. The normalized spacial score (nSPS) is 20.2. The van der Waals surface area contributed by atoms with Gasteiger partial charge in [-0.3, -0.25) is 4.79 Å². The van der Waals surface area contributed by atoms with Crippen LogP contribution >= 0.6 is 0 Å². The molecule has 2 N–H and O–H groups in total. The van der Waals surface area contributed by atoms with Crippen molar-refractivity contribution in [3.63, 3.8) is 0 Å². The predicted octanol–water partition coefficient (Wildman–Crippen LogP) is 3.32. The molecule has 4 heteroatoms. The van der Waals surface area contributed by atoms with Gasteiger partial charge in [-0.25, -0.2) is 0 Å². The summed E-state index contributed by atoms with van der Waals surface area (Å²) in [6.45, 7) is 1.86. The fourth-order valence-electron chi connectivity index (χ4n) is 3.74. The van der Waals surface area contributed by atoms with Crippen molar-refractivity contribution in [2.75, 3.05) is 5.32 Å². The molecule has 3 rings (SSSR count). The number of aryl methyl sites for hydroxylation is 2. The van der Waals surface area contributed by atoms with Gasteiger partial charge in [0.25, 0.3) is 0 Å². The summed E-state index contributed by atoms with van der Waals surface area (Å²) in [6, 6.07) is 8.37. The molecule has 23 heavy (non-hydrogen) atoms. The molecule has 1 fully saturated rings. The smallest absolute Gasteiger partial charge is 0.243 e. The van der Waals surface area contributed by atoms with Crippen LogP contribution in [-0.4, -0.2) is 17.5 Å². The van der Waals surface area contributed by atoms with E-state index in [-0.39, 0.29) is 11.9 Å². The molecule has 0 aliphatic heterocycles. The van der Waals surface area contributed by atoms with Gasteiger partial charge in [-0.2, -0.15) is 5.26 Å². The third kappa shape index (κ3) is 3.50. The molecular weight excluding hydrogens is 286 g/mol. The molecule has 2 aliphatic rings. The van der Waals surface area contributed by atoms with Gasteiger partial charge in [0, 0.05) is 5.69 Å². The maximum Gasteiger partial charge on any atom is 0.243 e. The second-order valence-electron chi connectivity index (χ2n) is 6.95. The van der Waals surface area contributed by atoms with Crippen LogP contribution in [-0.2, 0) is 17.6 Å². The van der Waals surface area contributed by atoms with E-state index in [2.05, 4.69) is 34.9 Å². The van der Waals surface area contributed by atoms with E-state index in [4.69, 9.17) is 0 Å². The summed E-state index contributed by atoms with van der Waals surface area (Å²) in [6.07, 6.45) is 8.23. The van der Waals surface area contributed by atoms with E-state index in [0.717, 1.165) is 50.6 Å². The van der Waals surface area contributed by atoms with Gasteiger partial charge < -0.3 is 10.6 Å². The van der Waals surface area contributed by atoms with E-state index >= 15 is 0 Å². The lowest BCUT2D eigenvalue weighted by Crippen LogP contribution is -2.52. The Bertz CT molecular complexity index is 626. The molecule has 1 amide bonds. The predicted molar refractivity (Wildman–Crippen MR) is 91.1 cm³/mol. The monoisotopic (exact) mass is 311 g/mol. The molecule has 0 radical (unpaired) electrons. The topological polar surface area (TPSA) is 64.9 Å². The van der Waals surface area contributed by atoms with Gasteiger partial charge in [0.15, 0.2) is 0 Å². The molecule has 0 heterocycles. The number of rotatable bonds is 4. The minimum absolute atomic E-state index is 0.0889. The van der Waals surface area contributed by atoms with E-state index in [1.54, 1.807) is 0 Å². The summed E-state index contributed by atoms with van der Waals surface area (Å²) in [5, 5.41) is 15.8. The number of nitrogens with zero attached hydrogens (tertiary/aromatic N) is 1.